The maximum Gasteiger partial charge on any atom is 0.347 e. The maximum atomic E-state index is 11.5. The molecule has 2 N–H and O–H groups in total. The van der Waals surface area contributed by atoms with Crippen LogP contribution in [0.4, 0.5) is 5.13 Å². The molecular formula is C9H13N3O3S. The minimum Gasteiger partial charge on any atom is -0.477 e. The minimum atomic E-state index is -1.02. The Bertz CT molecular complexity index is 402. The second kappa shape index (κ2) is 4.93. The summed E-state index contributed by atoms with van der Waals surface area (Å²) in [4.78, 5) is 27.6. The lowest BCUT2D eigenvalue weighted by atomic mass is 10.3. The number of rotatable bonds is 4. The Morgan fingerprint density at radius 1 is 1.56 bits per heavy atom. The number of aromatic carboxylic acids is 1. The van der Waals surface area contributed by atoms with E-state index >= 15 is 0 Å². The Morgan fingerprint density at radius 2 is 2.19 bits per heavy atom. The molecule has 0 spiro atoms. The van der Waals surface area contributed by atoms with Gasteiger partial charge in [-0.2, -0.15) is 0 Å². The lowest BCUT2D eigenvalue weighted by molar-refractivity contribution is -0.129. The third-order valence-electron chi connectivity index (χ3n) is 1.87. The molecule has 1 unspecified atom stereocenters. The normalized spacial score (nSPS) is 11.9. The van der Waals surface area contributed by atoms with Crippen LogP contribution in [0.15, 0.2) is 6.20 Å². The Hall–Kier alpha value is -1.63. The van der Waals surface area contributed by atoms with Crippen LogP contribution < -0.4 is 5.32 Å². The van der Waals surface area contributed by atoms with Gasteiger partial charge in [-0.05, 0) is 6.92 Å². The van der Waals surface area contributed by atoms with E-state index in [1.54, 1.807) is 21.0 Å². The average Bonchev–Trinajstić information content (AvgIpc) is 2.64. The van der Waals surface area contributed by atoms with Crippen molar-refractivity contribution in [1.82, 2.24) is 9.88 Å². The Kier molecular flexibility index (Phi) is 3.83. The van der Waals surface area contributed by atoms with Crippen LogP contribution in [0.25, 0.3) is 0 Å². The van der Waals surface area contributed by atoms with Gasteiger partial charge < -0.3 is 15.3 Å². The van der Waals surface area contributed by atoms with E-state index < -0.39 is 12.0 Å². The van der Waals surface area contributed by atoms with Crippen molar-refractivity contribution < 1.29 is 14.7 Å². The van der Waals surface area contributed by atoms with Crippen LogP contribution in [-0.2, 0) is 4.79 Å². The number of thiazole rings is 1. The number of carbonyl (C=O) groups is 2. The van der Waals surface area contributed by atoms with Crippen LogP contribution in [-0.4, -0.2) is 47.0 Å². The van der Waals surface area contributed by atoms with Gasteiger partial charge >= 0.3 is 5.97 Å². The Balaban J connectivity index is 2.66. The van der Waals surface area contributed by atoms with Gasteiger partial charge in [0.15, 0.2) is 5.13 Å². The fourth-order valence-electron chi connectivity index (χ4n) is 1.07. The van der Waals surface area contributed by atoms with Crippen molar-refractivity contribution in [2.45, 2.75) is 13.0 Å². The molecule has 7 heteroatoms. The van der Waals surface area contributed by atoms with Crippen molar-refractivity contribution in [3.05, 3.63) is 11.1 Å². The summed E-state index contributed by atoms with van der Waals surface area (Å²) in [5.41, 5.74) is 0. The first-order valence-corrected chi connectivity index (χ1v) is 5.40. The SMILES string of the molecule is CC(Nc1ncc(C(=O)O)s1)C(=O)N(C)C. The van der Waals surface area contributed by atoms with Gasteiger partial charge in [-0.25, -0.2) is 9.78 Å². The summed E-state index contributed by atoms with van der Waals surface area (Å²) in [6, 6.07) is -0.428. The molecule has 6 nitrogen and oxygen atoms in total. The van der Waals surface area contributed by atoms with Crippen LogP contribution in [0.2, 0.25) is 0 Å². The number of carboxylic acid groups (broad SMARTS) is 1. The molecule has 1 atom stereocenters. The summed E-state index contributed by atoms with van der Waals surface area (Å²) in [6.07, 6.45) is 1.27. The maximum absolute atomic E-state index is 11.5. The molecule has 1 aromatic heterocycles. The predicted molar refractivity (Wildman–Crippen MR) is 60.9 cm³/mol. The molecule has 0 bridgehead atoms. The highest BCUT2D eigenvalue weighted by Crippen LogP contribution is 2.18. The highest BCUT2D eigenvalue weighted by Gasteiger charge is 2.16. The number of hydrogen-bond acceptors (Lipinski definition) is 5. The number of aromatic nitrogens is 1. The van der Waals surface area contributed by atoms with Crippen molar-refractivity contribution in [2.24, 2.45) is 0 Å². The summed E-state index contributed by atoms with van der Waals surface area (Å²) in [5, 5.41) is 12.0. The van der Waals surface area contributed by atoms with Crippen LogP contribution in [0.1, 0.15) is 16.6 Å². The molecule has 0 aliphatic heterocycles. The summed E-state index contributed by atoms with van der Waals surface area (Å²) in [6.45, 7) is 1.70. The molecule has 0 fully saturated rings. The van der Waals surface area contributed by atoms with Crippen molar-refractivity contribution in [2.75, 3.05) is 19.4 Å². The summed E-state index contributed by atoms with van der Waals surface area (Å²) in [7, 11) is 3.32. The van der Waals surface area contributed by atoms with Crippen LogP contribution in [0.3, 0.4) is 0 Å². The third kappa shape index (κ3) is 2.93. The molecule has 0 radical (unpaired) electrons. The van der Waals surface area contributed by atoms with E-state index in [0.717, 1.165) is 11.3 Å². The summed E-state index contributed by atoms with van der Waals surface area (Å²) < 4.78 is 0. The van der Waals surface area contributed by atoms with E-state index in [2.05, 4.69) is 10.3 Å². The standard InChI is InChI=1S/C9H13N3O3S/c1-5(7(13)12(2)3)11-9-10-4-6(16-9)8(14)15/h4-5H,1-3H3,(H,10,11)(H,14,15). The van der Waals surface area contributed by atoms with Gasteiger partial charge in [0.1, 0.15) is 10.9 Å². The molecule has 1 aromatic rings. The zero-order valence-electron chi connectivity index (χ0n) is 9.22. The Morgan fingerprint density at radius 3 is 2.62 bits per heavy atom. The van der Waals surface area contributed by atoms with E-state index in [4.69, 9.17) is 5.11 Å². The molecule has 0 aromatic carbocycles. The first kappa shape index (κ1) is 12.4. The number of carbonyl (C=O) groups excluding carboxylic acids is 1. The quantitative estimate of drug-likeness (QED) is 0.814. The minimum absolute atomic E-state index is 0.0907. The molecule has 0 saturated carbocycles. The van der Waals surface area contributed by atoms with Crippen molar-refractivity contribution >= 4 is 28.3 Å². The van der Waals surface area contributed by atoms with Gasteiger partial charge in [0.25, 0.3) is 0 Å². The van der Waals surface area contributed by atoms with Crippen LogP contribution in [0, 0.1) is 0 Å². The van der Waals surface area contributed by atoms with Gasteiger partial charge in [-0.15, -0.1) is 0 Å². The second-order valence-corrected chi connectivity index (χ2v) is 4.46. The van der Waals surface area contributed by atoms with Gasteiger partial charge in [-0.1, -0.05) is 11.3 Å². The van der Waals surface area contributed by atoms with Crippen molar-refractivity contribution in [1.29, 1.82) is 0 Å². The zero-order chi connectivity index (χ0) is 12.3. The number of carboxylic acids is 1. The molecule has 16 heavy (non-hydrogen) atoms. The highest BCUT2D eigenvalue weighted by atomic mass is 32.1. The molecular weight excluding hydrogens is 230 g/mol. The predicted octanol–water partition coefficient (Wildman–Crippen LogP) is 0.730. The summed E-state index contributed by atoms with van der Waals surface area (Å²) in [5.74, 6) is -1.11. The highest BCUT2D eigenvalue weighted by molar-refractivity contribution is 7.17. The number of hydrogen-bond donors (Lipinski definition) is 2. The number of anilines is 1. The lowest BCUT2D eigenvalue weighted by Crippen LogP contribution is -2.36. The number of nitrogens with one attached hydrogen (secondary N) is 1. The molecule has 1 amide bonds. The van der Waals surface area contributed by atoms with E-state index in [-0.39, 0.29) is 10.8 Å². The number of likely N-dealkylation sites (N-methyl/N-ethyl adjacent to an activating group) is 1. The topological polar surface area (TPSA) is 82.5 Å². The molecule has 0 saturated heterocycles. The molecule has 88 valence electrons. The largest absolute Gasteiger partial charge is 0.477 e. The average molecular weight is 243 g/mol. The number of nitrogens with zero attached hydrogens (tertiary/aromatic N) is 2. The first-order chi connectivity index (χ1) is 7.41. The second-order valence-electron chi connectivity index (χ2n) is 3.43. The van der Waals surface area contributed by atoms with E-state index in [1.807, 2.05) is 0 Å². The third-order valence-corrected chi connectivity index (χ3v) is 2.78. The Labute approximate surface area is 96.9 Å². The summed E-state index contributed by atoms with van der Waals surface area (Å²) >= 11 is 1.01. The smallest absolute Gasteiger partial charge is 0.347 e. The van der Waals surface area contributed by atoms with Crippen LogP contribution >= 0.6 is 11.3 Å². The zero-order valence-corrected chi connectivity index (χ0v) is 10.0. The van der Waals surface area contributed by atoms with Crippen LogP contribution in [0.5, 0.6) is 0 Å². The van der Waals surface area contributed by atoms with Gasteiger partial charge in [0.05, 0.1) is 6.20 Å². The van der Waals surface area contributed by atoms with E-state index in [9.17, 15) is 9.59 Å². The lowest BCUT2D eigenvalue weighted by Gasteiger charge is -2.17. The monoisotopic (exact) mass is 243 g/mol. The molecule has 0 aliphatic rings. The first-order valence-electron chi connectivity index (χ1n) is 4.58. The van der Waals surface area contributed by atoms with E-state index in [0.29, 0.717) is 5.13 Å². The van der Waals surface area contributed by atoms with Crippen molar-refractivity contribution in [3.8, 4) is 0 Å². The van der Waals surface area contributed by atoms with Crippen molar-refractivity contribution in [3.63, 3.8) is 0 Å². The fourth-order valence-corrected chi connectivity index (χ4v) is 1.82. The van der Waals surface area contributed by atoms with Gasteiger partial charge in [-0.3, -0.25) is 4.79 Å². The molecule has 0 aliphatic carbocycles. The fraction of sp³-hybridized carbons (Fsp3) is 0.444. The molecule has 1 heterocycles. The van der Waals surface area contributed by atoms with Gasteiger partial charge in [0, 0.05) is 14.1 Å². The van der Waals surface area contributed by atoms with Gasteiger partial charge in [0.2, 0.25) is 5.91 Å². The van der Waals surface area contributed by atoms with E-state index in [1.165, 1.54) is 11.1 Å². The molecule has 1 rings (SSSR count). The number of amides is 1.